The highest BCUT2D eigenvalue weighted by molar-refractivity contribution is 5.90. The molecule has 0 saturated carbocycles. The molecule has 1 aliphatic rings. The molecule has 0 fully saturated rings. The average Bonchev–Trinajstić information content (AvgIpc) is 2.58. The molecular weight excluding hydrogens is 266 g/mol. The van der Waals surface area contributed by atoms with Crippen molar-refractivity contribution in [2.75, 3.05) is 0 Å². The van der Waals surface area contributed by atoms with Gasteiger partial charge in [-0.25, -0.2) is 0 Å². The maximum absolute atomic E-state index is 4.17. The van der Waals surface area contributed by atoms with E-state index in [4.69, 9.17) is 0 Å². The van der Waals surface area contributed by atoms with Crippen molar-refractivity contribution in [2.24, 2.45) is 0 Å². The van der Waals surface area contributed by atoms with Crippen molar-refractivity contribution in [3.8, 4) is 0 Å². The summed E-state index contributed by atoms with van der Waals surface area (Å²) in [6.45, 7) is 6.34. The fraction of sp³-hybridized carbons (Fsp3) is 0.0476. The van der Waals surface area contributed by atoms with Gasteiger partial charge in [-0.2, -0.15) is 0 Å². The summed E-state index contributed by atoms with van der Waals surface area (Å²) < 4.78 is 0. The standard InChI is InChI=1S/C21H19N/c1-17-11-9-10-16-22(17)21(20-14-7-4-8-15-20)18(2)19-12-5-3-6-13-19/h3-16H,1H2,2H3/b21-18+. The SMILES string of the molecule is C=C1C=CC=CN1/C(=C(\C)c1ccccc1)c1ccccc1. The molecule has 1 nitrogen and oxygen atoms in total. The molecule has 2 aromatic carbocycles. The Bertz CT molecular complexity index is 749. The van der Waals surface area contributed by atoms with Crippen molar-refractivity contribution < 1.29 is 0 Å². The molecule has 108 valence electrons. The third-order valence-corrected chi connectivity index (χ3v) is 3.79. The van der Waals surface area contributed by atoms with Gasteiger partial charge in [-0.3, -0.25) is 0 Å². The Morgan fingerprint density at radius 3 is 2.00 bits per heavy atom. The van der Waals surface area contributed by atoms with Crippen molar-refractivity contribution in [1.29, 1.82) is 0 Å². The van der Waals surface area contributed by atoms with Crippen LogP contribution in [0.1, 0.15) is 18.1 Å². The largest absolute Gasteiger partial charge is 0.317 e. The second kappa shape index (κ2) is 6.31. The van der Waals surface area contributed by atoms with Gasteiger partial charge in [0.1, 0.15) is 0 Å². The summed E-state index contributed by atoms with van der Waals surface area (Å²) in [5, 5.41) is 0. The van der Waals surface area contributed by atoms with Gasteiger partial charge in [0.2, 0.25) is 0 Å². The Morgan fingerprint density at radius 1 is 0.818 bits per heavy atom. The highest BCUT2D eigenvalue weighted by atomic mass is 15.1. The molecule has 0 radical (unpaired) electrons. The van der Waals surface area contributed by atoms with Crippen LogP contribution in [0.25, 0.3) is 11.3 Å². The first-order chi connectivity index (χ1) is 10.8. The summed E-state index contributed by atoms with van der Waals surface area (Å²) in [5.74, 6) is 0. The minimum atomic E-state index is 0.969. The smallest absolute Gasteiger partial charge is 0.0562 e. The zero-order valence-corrected chi connectivity index (χ0v) is 12.7. The molecule has 1 aliphatic heterocycles. The number of hydrogen-bond donors (Lipinski definition) is 0. The lowest BCUT2D eigenvalue weighted by atomic mass is 9.99. The van der Waals surface area contributed by atoms with Gasteiger partial charge in [-0.05, 0) is 35.8 Å². The lowest BCUT2D eigenvalue weighted by molar-refractivity contribution is 0.679. The Morgan fingerprint density at radius 2 is 1.41 bits per heavy atom. The molecule has 0 spiro atoms. The summed E-state index contributed by atoms with van der Waals surface area (Å²) in [6.07, 6.45) is 8.15. The van der Waals surface area contributed by atoms with Gasteiger partial charge in [0.15, 0.2) is 0 Å². The third kappa shape index (κ3) is 2.79. The first kappa shape index (κ1) is 14.2. The van der Waals surface area contributed by atoms with Crippen molar-refractivity contribution in [1.82, 2.24) is 4.90 Å². The Kier molecular flexibility index (Phi) is 4.06. The average molecular weight is 285 g/mol. The molecule has 1 heterocycles. The molecule has 22 heavy (non-hydrogen) atoms. The molecule has 0 atom stereocenters. The summed E-state index contributed by atoms with van der Waals surface area (Å²) >= 11 is 0. The minimum Gasteiger partial charge on any atom is -0.317 e. The second-order valence-electron chi connectivity index (χ2n) is 5.27. The maximum atomic E-state index is 4.17. The monoisotopic (exact) mass is 285 g/mol. The van der Waals surface area contributed by atoms with Crippen molar-refractivity contribution in [3.63, 3.8) is 0 Å². The zero-order chi connectivity index (χ0) is 15.4. The maximum Gasteiger partial charge on any atom is 0.0562 e. The van der Waals surface area contributed by atoms with E-state index in [0.717, 1.165) is 11.4 Å². The molecule has 0 unspecified atom stereocenters. The van der Waals surface area contributed by atoms with Crippen molar-refractivity contribution in [2.45, 2.75) is 6.92 Å². The highest BCUT2D eigenvalue weighted by Crippen LogP contribution is 2.32. The van der Waals surface area contributed by atoms with Crippen molar-refractivity contribution in [3.05, 3.63) is 108 Å². The van der Waals surface area contributed by atoms with Crippen LogP contribution in [-0.2, 0) is 0 Å². The van der Waals surface area contributed by atoms with Crippen LogP contribution < -0.4 is 0 Å². The van der Waals surface area contributed by atoms with E-state index in [0.29, 0.717) is 0 Å². The summed E-state index contributed by atoms with van der Waals surface area (Å²) in [4.78, 5) is 2.15. The summed E-state index contributed by atoms with van der Waals surface area (Å²) in [6, 6.07) is 20.9. The fourth-order valence-electron chi connectivity index (χ4n) is 2.65. The Hall–Kier alpha value is -2.80. The Balaban J connectivity index is 2.18. The summed E-state index contributed by atoms with van der Waals surface area (Å²) in [7, 11) is 0. The van der Waals surface area contributed by atoms with Crippen LogP contribution in [0.5, 0.6) is 0 Å². The Labute approximate surface area is 132 Å². The molecular formula is C21H19N. The van der Waals surface area contributed by atoms with Crippen molar-refractivity contribution >= 4 is 11.3 Å². The topological polar surface area (TPSA) is 3.24 Å². The van der Waals surface area contributed by atoms with Crippen LogP contribution >= 0.6 is 0 Å². The minimum absolute atomic E-state index is 0.969. The van der Waals surface area contributed by atoms with Gasteiger partial charge in [0.25, 0.3) is 0 Å². The molecule has 3 rings (SSSR count). The molecule has 0 bridgehead atoms. The van der Waals surface area contributed by atoms with Gasteiger partial charge >= 0.3 is 0 Å². The second-order valence-corrected chi connectivity index (χ2v) is 5.27. The summed E-state index contributed by atoms with van der Waals surface area (Å²) in [5.41, 5.74) is 5.77. The fourth-order valence-corrected chi connectivity index (χ4v) is 2.65. The van der Waals surface area contributed by atoms with E-state index in [2.05, 4.69) is 73.1 Å². The molecule has 0 aromatic heterocycles. The first-order valence-corrected chi connectivity index (χ1v) is 7.42. The third-order valence-electron chi connectivity index (χ3n) is 3.79. The van der Waals surface area contributed by atoms with Gasteiger partial charge < -0.3 is 4.90 Å². The number of allylic oxidation sites excluding steroid dienone is 4. The number of benzene rings is 2. The van der Waals surface area contributed by atoms with Gasteiger partial charge in [-0.15, -0.1) is 0 Å². The van der Waals surface area contributed by atoms with E-state index in [9.17, 15) is 0 Å². The van der Waals surface area contributed by atoms with Crippen LogP contribution in [0.15, 0.2) is 97.4 Å². The molecule has 2 aromatic rings. The van der Waals surface area contributed by atoms with E-state index < -0.39 is 0 Å². The normalized spacial score (nSPS) is 15.0. The first-order valence-electron chi connectivity index (χ1n) is 7.42. The quantitative estimate of drug-likeness (QED) is 0.675. The lowest BCUT2D eigenvalue weighted by Crippen LogP contribution is -2.16. The van der Waals surface area contributed by atoms with Crippen LogP contribution in [0.4, 0.5) is 0 Å². The lowest BCUT2D eigenvalue weighted by Gasteiger charge is -2.28. The van der Waals surface area contributed by atoms with E-state index in [1.165, 1.54) is 16.7 Å². The van der Waals surface area contributed by atoms with Crippen LogP contribution in [0, 0.1) is 0 Å². The number of hydrogen-bond acceptors (Lipinski definition) is 1. The van der Waals surface area contributed by atoms with Crippen LogP contribution in [-0.4, -0.2) is 4.90 Å². The molecule has 0 amide bonds. The van der Waals surface area contributed by atoms with E-state index in [1.807, 2.05) is 30.4 Å². The predicted molar refractivity (Wildman–Crippen MR) is 94.6 cm³/mol. The van der Waals surface area contributed by atoms with Crippen LogP contribution in [0.3, 0.4) is 0 Å². The van der Waals surface area contributed by atoms with E-state index >= 15 is 0 Å². The number of rotatable bonds is 3. The van der Waals surface area contributed by atoms with Gasteiger partial charge in [0.05, 0.1) is 5.70 Å². The van der Waals surface area contributed by atoms with Gasteiger partial charge in [-0.1, -0.05) is 73.3 Å². The predicted octanol–water partition coefficient (Wildman–Crippen LogP) is 5.47. The van der Waals surface area contributed by atoms with E-state index in [1.54, 1.807) is 0 Å². The molecule has 0 aliphatic carbocycles. The molecule has 0 N–H and O–H groups in total. The highest BCUT2D eigenvalue weighted by Gasteiger charge is 2.16. The van der Waals surface area contributed by atoms with E-state index in [-0.39, 0.29) is 0 Å². The molecule has 0 saturated heterocycles. The van der Waals surface area contributed by atoms with Gasteiger partial charge in [0, 0.05) is 11.9 Å². The zero-order valence-electron chi connectivity index (χ0n) is 12.7. The van der Waals surface area contributed by atoms with Crippen LogP contribution in [0.2, 0.25) is 0 Å². The molecule has 1 heteroatoms. The number of nitrogens with zero attached hydrogens (tertiary/aromatic N) is 1.